The average molecular weight is 348 g/mol. The molecule has 2 aromatic rings. The van der Waals surface area contributed by atoms with Gasteiger partial charge < -0.3 is 5.32 Å². The number of anilines is 1. The molecule has 1 aromatic carbocycles. The molecule has 0 spiro atoms. The maximum Gasteiger partial charge on any atom is 0.270 e. The number of aromatic nitrogens is 1. The summed E-state index contributed by atoms with van der Waals surface area (Å²) in [6, 6.07) is 7.57. The van der Waals surface area contributed by atoms with Gasteiger partial charge in [0.2, 0.25) is 0 Å². The van der Waals surface area contributed by atoms with Gasteiger partial charge in [-0.1, -0.05) is 0 Å². The van der Waals surface area contributed by atoms with Crippen molar-refractivity contribution in [3.05, 3.63) is 75.2 Å². The topological polar surface area (TPSA) is 85.1 Å². The Morgan fingerprint density at radius 2 is 2.00 bits per heavy atom. The van der Waals surface area contributed by atoms with Crippen LogP contribution in [0.4, 0.5) is 11.4 Å². The number of nitrogens with zero attached hydrogens (tertiary/aromatic N) is 2. The number of carbonyl (C=O) groups excluding carboxylic acids is 1. The van der Waals surface area contributed by atoms with E-state index in [-0.39, 0.29) is 11.5 Å². The van der Waals surface area contributed by atoms with E-state index in [1.165, 1.54) is 24.4 Å². The fourth-order valence-corrected chi connectivity index (χ4v) is 2.04. The normalized spacial score (nSPS) is 10.5. The van der Waals surface area contributed by atoms with E-state index in [0.717, 1.165) is 0 Å². The molecule has 0 saturated heterocycles. The molecule has 2 rings (SSSR count). The van der Waals surface area contributed by atoms with Gasteiger partial charge in [0.15, 0.2) is 5.78 Å². The van der Waals surface area contributed by atoms with Crippen LogP contribution in [-0.2, 0) is 0 Å². The van der Waals surface area contributed by atoms with E-state index < -0.39 is 4.92 Å². The number of hydrogen-bond donors (Lipinski definition) is 1. The summed E-state index contributed by atoms with van der Waals surface area (Å²) < 4.78 is 0.540. The first-order chi connectivity index (χ1) is 10.1. The SMILES string of the molecule is O=C(/C=C/Nc1ccc([N+](=O)[O-])cc1Br)c1ccncc1. The third kappa shape index (κ3) is 3.96. The van der Waals surface area contributed by atoms with Crippen LogP contribution in [-0.4, -0.2) is 15.7 Å². The highest BCUT2D eigenvalue weighted by molar-refractivity contribution is 9.10. The number of hydrogen-bond acceptors (Lipinski definition) is 5. The van der Waals surface area contributed by atoms with Crippen LogP contribution in [0.5, 0.6) is 0 Å². The number of nitro groups is 1. The molecule has 0 aliphatic rings. The molecule has 6 nitrogen and oxygen atoms in total. The molecule has 0 amide bonds. The lowest BCUT2D eigenvalue weighted by Crippen LogP contribution is -1.97. The van der Waals surface area contributed by atoms with E-state index in [1.54, 1.807) is 30.6 Å². The zero-order valence-corrected chi connectivity index (χ0v) is 12.3. The Morgan fingerprint density at radius 1 is 1.29 bits per heavy atom. The second-order valence-electron chi connectivity index (χ2n) is 4.00. The van der Waals surface area contributed by atoms with Crippen LogP contribution in [0, 0.1) is 10.1 Å². The first-order valence-electron chi connectivity index (χ1n) is 5.89. The van der Waals surface area contributed by atoms with Crippen LogP contribution in [0.25, 0.3) is 0 Å². The lowest BCUT2D eigenvalue weighted by atomic mass is 10.2. The van der Waals surface area contributed by atoms with Crippen molar-refractivity contribution in [2.24, 2.45) is 0 Å². The Balaban J connectivity index is 2.05. The van der Waals surface area contributed by atoms with Crippen molar-refractivity contribution < 1.29 is 9.72 Å². The van der Waals surface area contributed by atoms with Gasteiger partial charge in [0.25, 0.3) is 5.69 Å². The van der Waals surface area contributed by atoms with Crippen LogP contribution in [0.15, 0.2) is 59.5 Å². The summed E-state index contributed by atoms with van der Waals surface area (Å²) in [5.74, 6) is -0.164. The van der Waals surface area contributed by atoms with Gasteiger partial charge >= 0.3 is 0 Å². The van der Waals surface area contributed by atoms with Crippen molar-refractivity contribution in [2.75, 3.05) is 5.32 Å². The molecule has 0 fully saturated rings. The molecule has 21 heavy (non-hydrogen) atoms. The van der Waals surface area contributed by atoms with Gasteiger partial charge in [-0.05, 0) is 34.1 Å². The lowest BCUT2D eigenvalue weighted by Gasteiger charge is -2.03. The summed E-state index contributed by atoms with van der Waals surface area (Å²) in [4.78, 5) is 25.8. The Hall–Kier alpha value is -2.54. The molecule has 0 atom stereocenters. The Labute approximate surface area is 128 Å². The molecule has 106 valence electrons. The Kier molecular flexibility index (Phi) is 4.78. The molecule has 0 bridgehead atoms. The highest BCUT2D eigenvalue weighted by atomic mass is 79.9. The molecule has 0 radical (unpaired) electrons. The van der Waals surface area contributed by atoms with Gasteiger partial charge in [-0.25, -0.2) is 0 Å². The summed E-state index contributed by atoms with van der Waals surface area (Å²) in [7, 11) is 0. The Morgan fingerprint density at radius 3 is 2.62 bits per heavy atom. The quantitative estimate of drug-likeness (QED) is 0.386. The fraction of sp³-hybridized carbons (Fsp3) is 0. The van der Waals surface area contributed by atoms with Gasteiger partial charge in [0, 0.05) is 46.8 Å². The molecule has 0 saturated carbocycles. The van der Waals surface area contributed by atoms with E-state index in [0.29, 0.717) is 15.7 Å². The standard InChI is InChI=1S/C14H10BrN3O3/c15-12-9-11(18(20)21)1-2-13(12)17-8-5-14(19)10-3-6-16-7-4-10/h1-9,17H/b8-5+. The largest absolute Gasteiger partial charge is 0.361 e. The van der Waals surface area contributed by atoms with E-state index in [1.807, 2.05) is 0 Å². The number of non-ortho nitro benzene ring substituents is 1. The molecule has 0 unspecified atom stereocenters. The molecule has 1 aromatic heterocycles. The highest BCUT2D eigenvalue weighted by Gasteiger charge is 2.08. The van der Waals surface area contributed by atoms with Crippen molar-refractivity contribution in [2.45, 2.75) is 0 Å². The molecule has 7 heteroatoms. The zero-order chi connectivity index (χ0) is 15.2. The van der Waals surface area contributed by atoms with E-state index in [4.69, 9.17) is 0 Å². The van der Waals surface area contributed by atoms with Crippen LogP contribution in [0.1, 0.15) is 10.4 Å². The second-order valence-corrected chi connectivity index (χ2v) is 4.85. The van der Waals surface area contributed by atoms with Gasteiger partial charge in [0.1, 0.15) is 0 Å². The molecular weight excluding hydrogens is 338 g/mol. The maximum atomic E-state index is 11.8. The van der Waals surface area contributed by atoms with Gasteiger partial charge in [0.05, 0.1) is 10.6 Å². The number of allylic oxidation sites excluding steroid dienone is 1. The van der Waals surface area contributed by atoms with Crippen molar-refractivity contribution in [1.29, 1.82) is 0 Å². The van der Waals surface area contributed by atoms with Gasteiger partial charge in [-0.15, -0.1) is 0 Å². The minimum atomic E-state index is -0.475. The number of benzene rings is 1. The smallest absolute Gasteiger partial charge is 0.270 e. The van der Waals surface area contributed by atoms with Crippen LogP contribution in [0.3, 0.4) is 0 Å². The summed E-state index contributed by atoms with van der Waals surface area (Å²) in [6.07, 6.45) is 5.95. The lowest BCUT2D eigenvalue weighted by molar-refractivity contribution is -0.384. The van der Waals surface area contributed by atoms with Crippen molar-refractivity contribution in [1.82, 2.24) is 4.98 Å². The van der Waals surface area contributed by atoms with Crippen LogP contribution >= 0.6 is 15.9 Å². The predicted octanol–water partition coefficient (Wildman–Crippen LogP) is 3.56. The van der Waals surface area contributed by atoms with Crippen molar-refractivity contribution >= 4 is 33.1 Å². The van der Waals surface area contributed by atoms with E-state index >= 15 is 0 Å². The zero-order valence-electron chi connectivity index (χ0n) is 10.7. The fourth-order valence-electron chi connectivity index (χ4n) is 1.55. The monoisotopic (exact) mass is 347 g/mol. The number of rotatable bonds is 5. The molecule has 1 N–H and O–H groups in total. The first kappa shape index (κ1) is 14.9. The highest BCUT2D eigenvalue weighted by Crippen LogP contribution is 2.27. The average Bonchev–Trinajstić information content (AvgIpc) is 2.49. The minimum Gasteiger partial charge on any atom is -0.361 e. The summed E-state index contributed by atoms with van der Waals surface area (Å²) in [5, 5.41) is 13.5. The second kappa shape index (κ2) is 6.76. The van der Waals surface area contributed by atoms with Crippen molar-refractivity contribution in [3.63, 3.8) is 0 Å². The third-order valence-corrected chi connectivity index (χ3v) is 3.26. The summed E-state index contributed by atoms with van der Waals surface area (Å²) in [5.41, 5.74) is 1.15. The van der Waals surface area contributed by atoms with E-state index in [9.17, 15) is 14.9 Å². The number of nitro benzene ring substituents is 1. The first-order valence-corrected chi connectivity index (χ1v) is 6.68. The van der Waals surface area contributed by atoms with Crippen LogP contribution < -0.4 is 5.32 Å². The van der Waals surface area contributed by atoms with E-state index in [2.05, 4.69) is 26.2 Å². The van der Waals surface area contributed by atoms with Gasteiger partial charge in [-0.2, -0.15) is 0 Å². The molecule has 0 aliphatic carbocycles. The number of nitrogens with one attached hydrogen (secondary N) is 1. The third-order valence-electron chi connectivity index (χ3n) is 2.60. The summed E-state index contributed by atoms with van der Waals surface area (Å²) >= 11 is 3.23. The maximum absolute atomic E-state index is 11.8. The van der Waals surface area contributed by atoms with Crippen LogP contribution in [0.2, 0.25) is 0 Å². The molecule has 0 aliphatic heterocycles. The minimum absolute atomic E-state index is 0.00994. The number of ketones is 1. The number of carbonyl (C=O) groups is 1. The van der Waals surface area contributed by atoms with Gasteiger partial charge in [-0.3, -0.25) is 19.9 Å². The molecule has 1 heterocycles. The number of pyridine rings is 1. The number of halogens is 1. The molecular formula is C14H10BrN3O3. The summed E-state index contributed by atoms with van der Waals surface area (Å²) in [6.45, 7) is 0. The van der Waals surface area contributed by atoms with Crippen molar-refractivity contribution in [3.8, 4) is 0 Å². The Bertz CT molecular complexity index is 702. The predicted molar refractivity (Wildman–Crippen MR) is 82.1 cm³/mol.